The van der Waals surface area contributed by atoms with Gasteiger partial charge in [-0.15, -0.1) is 0 Å². The van der Waals surface area contributed by atoms with Gasteiger partial charge in [0.25, 0.3) is 5.91 Å². The average Bonchev–Trinajstić information content (AvgIpc) is 3.13. The van der Waals surface area contributed by atoms with Gasteiger partial charge in [-0.3, -0.25) is 9.69 Å². The van der Waals surface area contributed by atoms with Crippen LogP contribution in [0.4, 0.5) is 0 Å². The van der Waals surface area contributed by atoms with Crippen molar-refractivity contribution in [3.63, 3.8) is 0 Å². The largest absolute Gasteiger partial charge is 0.366 e. The summed E-state index contributed by atoms with van der Waals surface area (Å²) in [5.74, 6) is 0.494. The first-order valence-corrected chi connectivity index (χ1v) is 7.78. The maximum absolute atomic E-state index is 11.6. The average molecular weight is 316 g/mol. The highest BCUT2D eigenvalue weighted by atomic mass is 16.1. The van der Waals surface area contributed by atoms with Gasteiger partial charge in [-0.05, 0) is 52.3 Å². The molecule has 1 saturated heterocycles. The fourth-order valence-corrected chi connectivity index (χ4v) is 3.55. The van der Waals surface area contributed by atoms with Gasteiger partial charge in [-0.1, -0.05) is 6.07 Å². The Hall–Kier alpha value is -2.21. The Kier molecular flexibility index (Phi) is 4.85. The molecule has 0 bridgehead atoms. The van der Waals surface area contributed by atoms with E-state index >= 15 is 0 Å². The van der Waals surface area contributed by atoms with Crippen molar-refractivity contribution in [2.24, 2.45) is 5.73 Å². The topological polar surface area (TPSA) is 92.1 Å². The number of nitrogens with zero attached hydrogens (tertiary/aromatic N) is 2. The lowest BCUT2D eigenvalue weighted by Gasteiger charge is -2.36. The lowest BCUT2D eigenvalue weighted by atomic mass is 9.97. The Morgan fingerprint density at radius 2 is 2.13 bits per heavy atom. The maximum Gasteiger partial charge on any atom is 0.250 e. The van der Waals surface area contributed by atoms with E-state index < -0.39 is 5.91 Å². The van der Waals surface area contributed by atoms with Crippen LogP contribution in [0.2, 0.25) is 0 Å². The molecule has 0 aliphatic carbocycles. The minimum absolute atomic E-state index is 0.109. The Bertz CT molecular complexity index is 710. The zero-order valence-electron chi connectivity index (χ0n) is 13.9. The van der Waals surface area contributed by atoms with Gasteiger partial charge in [-0.2, -0.15) is 0 Å². The second kappa shape index (κ2) is 6.50. The van der Waals surface area contributed by atoms with E-state index in [1.165, 1.54) is 0 Å². The number of imidazole rings is 1. The second-order valence-electron chi connectivity index (χ2n) is 6.32. The molecule has 0 radical (unpaired) electrons. The van der Waals surface area contributed by atoms with Gasteiger partial charge in [0, 0.05) is 6.04 Å². The van der Waals surface area contributed by atoms with Gasteiger partial charge in [0.15, 0.2) is 0 Å². The lowest BCUT2D eigenvalue weighted by molar-refractivity contribution is -0.0980. The number of nitrogens with two attached hydrogens (primary N) is 1. The monoisotopic (exact) mass is 316 g/mol. The minimum atomic E-state index is -0.434. The molecule has 3 rings (SSSR count). The third-order valence-electron chi connectivity index (χ3n) is 4.61. The van der Waals surface area contributed by atoms with Crippen molar-refractivity contribution in [1.82, 2.24) is 14.9 Å². The number of carbonyl (C=O) groups is 2. The SMILES string of the molecule is C=O.CC(C)N1CCCC1(C)c1nc2c(C(N)=O)cccc2[nH]1. The van der Waals surface area contributed by atoms with Crippen molar-refractivity contribution in [3.05, 3.63) is 29.6 Å². The Morgan fingerprint density at radius 1 is 1.43 bits per heavy atom. The van der Waals surface area contributed by atoms with Crippen LogP contribution in [-0.4, -0.2) is 40.2 Å². The summed E-state index contributed by atoms with van der Waals surface area (Å²) in [6.07, 6.45) is 2.23. The highest BCUT2D eigenvalue weighted by molar-refractivity contribution is 6.04. The number of fused-ring (bicyclic) bond motifs is 1. The number of hydrogen-bond donors (Lipinski definition) is 2. The molecule has 0 saturated carbocycles. The number of primary amides is 1. The van der Waals surface area contributed by atoms with Crippen molar-refractivity contribution in [3.8, 4) is 0 Å². The number of benzene rings is 1. The summed E-state index contributed by atoms with van der Waals surface area (Å²) in [6.45, 7) is 9.72. The van der Waals surface area contributed by atoms with Crippen molar-refractivity contribution in [2.75, 3.05) is 6.54 Å². The van der Waals surface area contributed by atoms with E-state index in [9.17, 15) is 4.79 Å². The van der Waals surface area contributed by atoms with Crippen molar-refractivity contribution in [2.45, 2.75) is 45.2 Å². The zero-order valence-corrected chi connectivity index (χ0v) is 13.9. The van der Waals surface area contributed by atoms with E-state index in [2.05, 4.69) is 30.7 Å². The van der Waals surface area contributed by atoms with Gasteiger partial charge in [0.05, 0.1) is 16.6 Å². The molecule has 1 atom stereocenters. The quantitative estimate of drug-likeness (QED) is 0.908. The van der Waals surface area contributed by atoms with Crippen molar-refractivity contribution in [1.29, 1.82) is 0 Å². The van der Waals surface area contributed by atoms with Gasteiger partial charge >= 0.3 is 0 Å². The lowest BCUT2D eigenvalue weighted by Crippen LogP contribution is -2.43. The third kappa shape index (κ3) is 2.86. The number of aromatic amines is 1. The van der Waals surface area contributed by atoms with E-state index in [4.69, 9.17) is 15.5 Å². The number of rotatable bonds is 3. The normalized spacial score (nSPS) is 21.4. The van der Waals surface area contributed by atoms with Crippen LogP contribution in [0, 0.1) is 0 Å². The van der Waals surface area contributed by atoms with E-state index in [0.717, 1.165) is 30.7 Å². The molecule has 1 aliphatic heterocycles. The van der Waals surface area contributed by atoms with Gasteiger partial charge in [-0.25, -0.2) is 4.98 Å². The molecule has 1 amide bonds. The Morgan fingerprint density at radius 3 is 2.74 bits per heavy atom. The molecule has 1 aliphatic rings. The number of hydrogen-bond acceptors (Lipinski definition) is 4. The van der Waals surface area contributed by atoms with Crippen LogP contribution in [0.3, 0.4) is 0 Å². The number of H-pyrrole nitrogens is 1. The highest BCUT2D eigenvalue weighted by Crippen LogP contribution is 2.39. The molecule has 6 nitrogen and oxygen atoms in total. The van der Waals surface area contributed by atoms with Gasteiger partial charge in [0.2, 0.25) is 0 Å². The van der Waals surface area contributed by atoms with Crippen LogP contribution < -0.4 is 5.73 Å². The van der Waals surface area contributed by atoms with Crippen LogP contribution in [0.1, 0.15) is 49.8 Å². The smallest absolute Gasteiger partial charge is 0.250 e. The number of nitrogens with one attached hydrogen (secondary N) is 1. The van der Waals surface area contributed by atoms with E-state index in [0.29, 0.717) is 17.1 Å². The summed E-state index contributed by atoms with van der Waals surface area (Å²) in [6, 6.07) is 5.96. The molecule has 1 unspecified atom stereocenters. The first-order valence-electron chi connectivity index (χ1n) is 7.78. The molecule has 1 aromatic carbocycles. The first kappa shape index (κ1) is 17.1. The number of para-hydroxylation sites is 1. The van der Waals surface area contributed by atoms with Gasteiger partial charge < -0.3 is 15.5 Å². The molecule has 6 heteroatoms. The fourth-order valence-electron chi connectivity index (χ4n) is 3.55. The summed E-state index contributed by atoms with van der Waals surface area (Å²) in [4.78, 5) is 30.1. The van der Waals surface area contributed by atoms with Crippen LogP contribution in [-0.2, 0) is 10.3 Å². The van der Waals surface area contributed by atoms with Crippen LogP contribution in [0.25, 0.3) is 11.0 Å². The molecule has 1 aromatic heterocycles. The maximum atomic E-state index is 11.6. The standard InChI is InChI=1S/C16H22N4O.CH2O/c1-10(2)20-9-5-8-16(20,3)15-18-12-7-4-6-11(14(17)21)13(12)19-15;1-2/h4,6-7,10H,5,8-9H2,1-3H3,(H2,17,21)(H,18,19);1H2. The minimum Gasteiger partial charge on any atom is -0.366 e. The summed E-state index contributed by atoms with van der Waals surface area (Å²) in [7, 11) is 0. The summed E-state index contributed by atoms with van der Waals surface area (Å²) < 4.78 is 0. The summed E-state index contributed by atoms with van der Waals surface area (Å²) in [5, 5.41) is 0. The Balaban J connectivity index is 0.000000924. The predicted molar refractivity (Wildman–Crippen MR) is 90.2 cm³/mol. The van der Waals surface area contributed by atoms with Crippen LogP contribution in [0.15, 0.2) is 18.2 Å². The molecular weight excluding hydrogens is 292 g/mol. The molecule has 3 N–H and O–H groups in total. The molecule has 0 spiro atoms. The molecule has 124 valence electrons. The van der Waals surface area contributed by atoms with Crippen molar-refractivity contribution >= 4 is 23.7 Å². The van der Waals surface area contributed by atoms with Crippen LogP contribution in [0.5, 0.6) is 0 Å². The fraction of sp³-hybridized carbons (Fsp3) is 0.471. The summed E-state index contributed by atoms with van der Waals surface area (Å²) >= 11 is 0. The molecule has 2 aromatic rings. The van der Waals surface area contributed by atoms with Crippen LogP contribution >= 0.6 is 0 Å². The molecular formula is C17H24N4O2. The predicted octanol–water partition coefficient (Wildman–Crippen LogP) is 2.20. The summed E-state index contributed by atoms with van der Waals surface area (Å²) in [5.41, 5.74) is 7.37. The zero-order chi connectivity index (χ0) is 17.2. The van der Waals surface area contributed by atoms with E-state index in [1.807, 2.05) is 18.9 Å². The Labute approximate surface area is 136 Å². The molecule has 1 fully saturated rings. The third-order valence-corrected chi connectivity index (χ3v) is 4.61. The highest BCUT2D eigenvalue weighted by Gasteiger charge is 2.41. The first-order chi connectivity index (χ1) is 10.9. The number of likely N-dealkylation sites (tertiary alicyclic amines) is 1. The van der Waals surface area contributed by atoms with Crippen molar-refractivity contribution < 1.29 is 9.59 Å². The molecule has 2 heterocycles. The van der Waals surface area contributed by atoms with E-state index in [-0.39, 0.29) is 5.54 Å². The number of aromatic nitrogens is 2. The molecule has 23 heavy (non-hydrogen) atoms. The van der Waals surface area contributed by atoms with E-state index in [1.54, 1.807) is 6.07 Å². The second-order valence-corrected chi connectivity index (χ2v) is 6.32. The number of carbonyl (C=O) groups excluding carboxylic acids is 2. The van der Waals surface area contributed by atoms with Gasteiger partial charge in [0.1, 0.15) is 18.1 Å². The number of amides is 1.